The zero-order chi connectivity index (χ0) is 91.1. The minimum atomic E-state index is -6.42. The van der Waals surface area contributed by atoms with E-state index >= 15 is 0 Å². The Morgan fingerprint density at radius 3 is 1.61 bits per heavy atom. The molecule has 6 heteroatoms. The maximum absolute atomic E-state index is 10.4. The number of ether oxygens (including phenoxy) is 1. The van der Waals surface area contributed by atoms with E-state index < -0.39 is 203 Å². The van der Waals surface area contributed by atoms with Gasteiger partial charge in [0.25, 0.3) is 6.33 Å². The van der Waals surface area contributed by atoms with Gasteiger partial charge in [0, 0.05) is 32.7 Å². The van der Waals surface area contributed by atoms with E-state index in [2.05, 4.69) is 27.1 Å². The predicted molar refractivity (Wildman–Crippen MR) is 408 cm³/mol. The fraction of sp³-hybridized carbons (Fsp3) is 0.143. The zero-order valence-corrected chi connectivity index (χ0v) is 55.6. The summed E-state index contributed by atoms with van der Waals surface area (Å²) in [5.41, 5.74) is 2.32. The molecule has 0 aliphatic heterocycles. The summed E-state index contributed by atoms with van der Waals surface area (Å²) in [4.78, 5) is 4.76. The van der Waals surface area contributed by atoms with Crippen LogP contribution in [0, 0.1) is 13.2 Å². The highest BCUT2D eigenvalue weighted by Gasteiger charge is 2.44. The molecule has 0 aliphatic rings. The van der Waals surface area contributed by atoms with E-state index in [0.717, 1.165) is 16.5 Å². The average molecular weight is 1300 g/mol. The van der Waals surface area contributed by atoms with Crippen LogP contribution in [0.5, 0.6) is 11.5 Å². The van der Waals surface area contributed by atoms with Crippen LogP contribution in [-0.4, -0.2) is 22.2 Å². The molecule has 97 heavy (non-hydrogen) atoms. The fourth-order valence-corrected chi connectivity index (χ4v) is 16.7. The van der Waals surface area contributed by atoms with E-state index in [1.165, 1.54) is 29.0 Å². The van der Waals surface area contributed by atoms with Crippen LogP contribution in [0.25, 0.3) is 94.5 Å². The van der Waals surface area contributed by atoms with Gasteiger partial charge < -0.3 is 4.74 Å². The van der Waals surface area contributed by atoms with Crippen molar-refractivity contribution < 1.29 is 47.7 Å². The van der Waals surface area contributed by atoms with E-state index in [1.54, 1.807) is 57.7 Å². The first-order valence-electron chi connectivity index (χ1n) is 45.6. The molecular formula is C91H80N4OSi. The largest absolute Gasteiger partial charge is 0.458 e. The lowest BCUT2D eigenvalue weighted by molar-refractivity contribution is -0.570. The van der Waals surface area contributed by atoms with Crippen molar-refractivity contribution in [2.24, 2.45) is 0 Å². The van der Waals surface area contributed by atoms with Crippen molar-refractivity contribution >= 4 is 61.7 Å². The van der Waals surface area contributed by atoms with Crippen molar-refractivity contribution in [3.8, 4) is 73.2 Å². The van der Waals surface area contributed by atoms with Gasteiger partial charge in [-0.2, -0.15) is 0 Å². The van der Waals surface area contributed by atoms with Crippen LogP contribution in [-0.2, 0) is 16.2 Å². The summed E-state index contributed by atoms with van der Waals surface area (Å²) in [5.74, 6) is 0.517. The molecule has 0 fully saturated rings. The first-order valence-corrected chi connectivity index (χ1v) is 33.6. The van der Waals surface area contributed by atoms with Crippen LogP contribution < -0.4 is 30.1 Å². The molecular weight excluding hydrogens is 1190 g/mol. The van der Waals surface area contributed by atoms with Crippen molar-refractivity contribution in [3.05, 3.63) is 331 Å². The Labute approximate surface area is 611 Å². The Hall–Kier alpha value is -10.9. The Balaban J connectivity index is 1.11. The molecule has 12 aromatic carbocycles. The molecule has 0 radical (unpaired) electrons. The maximum Gasteiger partial charge on any atom is 0.269 e. The van der Waals surface area contributed by atoms with Gasteiger partial charge in [-0.15, -0.1) is 0 Å². The predicted octanol–water partition coefficient (Wildman–Crippen LogP) is 20.2. The third-order valence-corrected chi connectivity index (χ3v) is 21.9. The molecule has 5 nitrogen and oxygen atoms in total. The number of nitrogens with zero attached hydrogens (tertiary/aromatic N) is 4. The van der Waals surface area contributed by atoms with Gasteiger partial charge in [-0.1, -0.05) is 298 Å². The molecule has 15 rings (SSSR count). The molecule has 0 saturated heterocycles. The van der Waals surface area contributed by atoms with Crippen molar-refractivity contribution in [1.82, 2.24) is 14.1 Å². The molecule has 0 aliphatic carbocycles. The molecule has 0 atom stereocenters. The average Bonchev–Trinajstić information content (AvgIpc) is 1.17. The first-order chi connectivity index (χ1) is 58.4. The van der Waals surface area contributed by atoms with Crippen LogP contribution in [0.3, 0.4) is 0 Å². The van der Waals surface area contributed by atoms with Crippen LogP contribution in [0.15, 0.2) is 303 Å². The van der Waals surface area contributed by atoms with Gasteiger partial charge in [0.1, 0.15) is 17.3 Å². The van der Waals surface area contributed by atoms with Gasteiger partial charge >= 0.3 is 0 Å². The highest BCUT2D eigenvalue weighted by Crippen LogP contribution is 2.41. The summed E-state index contributed by atoms with van der Waals surface area (Å²) in [5, 5.41) is -1.70. The van der Waals surface area contributed by atoms with Gasteiger partial charge in [0.05, 0.1) is 67.7 Å². The summed E-state index contributed by atoms with van der Waals surface area (Å²) in [7, 11) is -6.42. The molecule has 3 heterocycles. The van der Waals surface area contributed by atoms with Gasteiger partial charge in [0.15, 0.2) is 8.07 Å². The molecule has 474 valence electrons. The number of hydrogen-bond donors (Lipinski definition) is 0. The molecule has 0 bridgehead atoms. The maximum atomic E-state index is 10.4. The number of rotatable bonds is 13. The Morgan fingerprint density at radius 2 is 1.00 bits per heavy atom. The van der Waals surface area contributed by atoms with E-state index in [9.17, 15) is 26.0 Å². The molecule has 0 spiro atoms. The van der Waals surface area contributed by atoms with Crippen LogP contribution in [0.4, 0.5) is 0 Å². The summed E-state index contributed by atoms with van der Waals surface area (Å²) >= 11 is 0. The second kappa shape index (κ2) is 24.7. The molecule has 15 aromatic rings. The second-order valence-corrected chi connectivity index (χ2v) is 30.5. The standard InChI is InChI=1S/C91H80N4OSi/c1-62-51-87(92-60-81(62)65-31-18-12-19-32-65)95-82-42-27-26-41-78(82)79-49-48-74(59-84(79)95)96-73-34-28-33-72(58-73)93-61-94(83-50-45-66(55-85(83)93)64-43-46-69(47-44-64)89(2,3)4)88-80(68-52-70(90(5,6)7)57-71(53-68)91(8,9)10)54-67(63-29-16-11-17-30-63)56-86(88)97(75-35-20-13-21-36-75,76-37-22-14-23-38-76)77-39-24-15-25-40-77/h11-60H,1-10H3/i1D3,11D,12D,13D,14D,15D,16D,17D,18D,19D,20D,21D,22D,23D,24D,25D,29D,30D,31D,32D,35D,36D,37D,38D,39D,40D. The number of aryl methyl sites for hydroxylation is 1. The van der Waals surface area contributed by atoms with Crippen LogP contribution in [0.1, 0.15) is 123 Å². The zero-order valence-electron chi connectivity index (χ0n) is 82.6. The van der Waals surface area contributed by atoms with Gasteiger partial charge in [-0.25, -0.2) is 4.98 Å². The smallest absolute Gasteiger partial charge is 0.269 e. The normalized spacial score (nSPS) is 16.4. The lowest BCUT2D eigenvalue weighted by atomic mass is 9.78. The second-order valence-electron chi connectivity index (χ2n) is 27.0. The molecule has 3 aromatic heterocycles. The quantitative estimate of drug-likeness (QED) is 0.0499. The minimum Gasteiger partial charge on any atom is -0.458 e. The number of fused-ring (bicyclic) bond motifs is 4. The van der Waals surface area contributed by atoms with Crippen molar-refractivity contribution in [2.45, 2.75) is 85.4 Å². The Bertz CT molecular complexity index is 6790. The lowest BCUT2D eigenvalue weighted by Gasteiger charge is -2.37. The lowest BCUT2D eigenvalue weighted by Crippen LogP contribution is -2.76. The number of benzene rings is 12. The minimum absolute atomic E-state index is 0.00624. The number of pyridine rings is 1. The molecule has 0 N–H and O–H groups in total. The Morgan fingerprint density at radius 1 is 0.433 bits per heavy atom. The van der Waals surface area contributed by atoms with Crippen molar-refractivity contribution in [3.63, 3.8) is 0 Å². The number of hydrogen-bond acceptors (Lipinski definition) is 2. The first kappa shape index (κ1) is 38.0. The monoisotopic (exact) mass is 1300 g/mol. The summed E-state index contributed by atoms with van der Waals surface area (Å²) in [6.07, 6.45) is 4.82. The third kappa shape index (κ3) is 11.6. The highest BCUT2D eigenvalue weighted by atomic mass is 28.3. The summed E-state index contributed by atoms with van der Waals surface area (Å²) < 4.78 is 277. The number of para-hydroxylation sites is 1. The molecule has 0 saturated carbocycles. The van der Waals surface area contributed by atoms with E-state index in [-0.39, 0.29) is 67.3 Å². The van der Waals surface area contributed by atoms with Crippen molar-refractivity contribution in [2.75, 3.05) is 0 Å². The van der Waals surface area contributed by atoms with Crippen LogP contribution >= 0.6 is 0 Å². The van der Waals surface area contributed by atoms with Crippen LogP contribution in [0.2, 0.25) is 0 Å². The fourth-order valence-electron chi connectivity index (χ4n) is 12.7. The van der Waals surface area contributed by atoms with Crippen molar-refractivity contribution in [1.29, 1.82) is 0 Å². The SMILES string of the molecule is [2H]c1c([2H])c([2H])c(-c2cc(-c3cc(C(C)(C)C)cc(C(C)(C)C)c3)c(-[n+]3[c-]n(-c4cccc(Oc5ccc6c7ccccc7n(-c7cc(C([2H])([2H])[2H])c(-c8c([2H])c([2H])c([2H])c([2H])c8[2H])cn7)c6c5)c4)c4cc(-c5ccc(C(C)(C)C)cc5)ccc43)c([Si](c3c([2H])c([2H])c([2H])c([2H])c3[2H])(c3c([2H])c([2H])c([2H])c([2H])c3[2H])c3c([2H])c([2H])c([2H])c([2H])c3[2H])c2)c([2H])c1[2H]. The summed E-state index contributed by atoms with van der Waals surface area (Å²) in [6.45, 7) is 15.1. The van der Waals surface area contributed by atoms with Gasteiger partial charge in [0.2, 0.25) is 0 Å². The highest BCUT2D eigenvalue weighted by molar-refractivity contribution is 7.20. The topological polar surface area (TPSA) is 35.9 Å². The van der Waals surface area contributed by atoms with E-state index in [4.69, 9.17) is 22.1 Å². The number of imidazole rings is 1. The van der Waals surface area contributed by atoms with Gasteiger partial charge in [-0.3, -0.25) is 13.7 Å². The van der Waals surface area contributed by atoms with Gasteiger partial charge in [-0.05, 0) is 160 Å². The van der Waals surface area contributed by atoms with E-state index in [0.29, 0.717) is 44.3 Å². The summed E-state index contributed by atoms with van der Waals surface area (Å²) in [6, 6.07) is 19.4. The molecule has 0 amide bonds. The molecule has 0 unspecified atom stereocenters. The number of aromatic nitrogens is 4. The van der Waals surface area contributed by atoms with E-state index in [1.807, 2.05) is 120 Å². The third-order valence-electron chi connectivity index (χ3n) is 17.7. The Kier molecular flexibility index (Phi) is 9.67.